The number of amides is 4. The number of anilines is 1. The molecule has 0 saturated carbocycles. The summed E-state index contributed by atoms with van der Waals surface area (Å²) >= 11 is 0. The number of carbonyl (C=O) groups is 6. The van der Waals surface area contributed by atoms with Gasteiger partial charge >= 0.3 is 11.9 Å². The third kappa shape index (κ3) is 9.59. The highest BCUT2D eigenvalue weighted by molar-refractivity contribution is 5.99. The zero-order valence-electron chi connectivity index (χ0n) is 35.9. The molecule has 0 radical (unpaired) electrons. The molecule has 3 aliphatic rings. The van der Waals surface area contributed by atoms with E-state index in [1.807, 2.05) is 85.5 Å². The van der Waals surface area contributed by atoms with Gasteiger partial charge in [0.1, 0.15) is 17.9 Å². The molecule has 0 aliphatic carbocycles. The molecule has 5 atom stereocenters. The first kappa shape index (κ1) is 43.8. The van der Waals surface area contributed by atoms with Gasteiger partial charge in [-0.1, -0.05) is 80.6 Å². The number of benzene rings is 3. The zero-order valence-corrected chi connectivity index (χ0v) is 35.9. The number of rotatable bonds is 14. The van der Waals surface area contributed by atoms with Gasteiger partial charge in [-0.25, -0.2) is 4.98 Å². The summed E-state index contributed by atoms with van der Waals surface area (Å²) in [7, 11) is 2.63. The number of nitrogens with one attached hydrogen (secondary N) is 2. The third-order valence-electron chi connectivity index (χ3n) is 12.6. The average Bonchev–Trinajstić information content (AvgIpc) is 4.14. The number of H-pyrrole nitrogens is 1. The van der Waals surface area contributed by atoms with Gasteiger partial charge in [-0.05, 0) is 78.8 Å². The highest BCUT2D eigenvalue weighted by atomic mass is 16.5. The zero-order chi connectivity index (χ0) is 43.9. The lowest BCUT2D eigenvalue weighted by Crippen LogP contribution is -2.52. The maximum Gasteiger partial charge on any atom is 0.306 e. The minimum Gasteiger partial charge on any atom is -0.469 e. The monoisotopic (exact) mass is 844 g/mol. The highest BCUT2D eigenvalue weighted by Gasteiger charge is 2.44. The van der Waals surface area contributed by atoms with Crippen molar-refractivity contribution in [2.45, 2.75) is 89.3 Å². The fourth-order valence-corrected chi connectivity index (χ4v) is 9.13. The summed E-state index contributed by atoms with van der Waals surface area (Å²) in [5, 5.41) is 3.01. The van der Waals surface area contributed by atoms with E-state index in [1.54, 1.807) is 28.1 Å². The van der Waals surface area contributed by atoms with Gasteiger partial charge in [0.05, 0.1) is 56.8 Å². The Morgan fingerprint density at radius 3 is 1.94 bits per heavy atom. The van der Waals surface area contributed by atoms with Crippen LogP contribution in [0.2, 0.25) is 0 Å². The van der Waals surface area contributed by atoms with Crippen molar-refractivity contribution in [3.8, 4) is 22.4 Å². The Bertz CT molecular complexity index is 2240. The Balaban J connectivity index is 0.964. The average molecular weight is 845 g/mol. The van der Waals surface area contributed by atoms with Crippen LogP contribution in [-0.2, 0) is 38.2 Å². The van der Waals surface area contributed by atoms with Crippen molar-refractivity contribution >= 4 is 41.3 Å². The number of hydrogen-bond donors (Lipinski definition) is 2. The lowest BCUT2D eigenvalue weighted by atomic mass is 9.91. The number of nitrogens with zero attached hydrogens (tertiary/aromatic N) is 4. The normalized spacial score (nSPS) is 19.6. The maximum absolute atomic E-state index is 14.1. The quantitative estimate of drug-likeness (QED) is 0.134. The molecule has 0 unspecified atom stereocenters. The molecule has 1 aromatic heterocycles. The number of carbonyl (C=O) groups excluding carboxylic acids is 6. The van der Waals surface area contributed by atoms with E-state index in [0.717, 1.165) is 41.1 Å². The van der Waals surface area contributed by atoms with Crippen molar-refractivity contribution < 1.29 is 38.2 Å². The summed E-state index contributed by atoms with van der Waals surface area (Å²) in [5.74, 6) is -2.29. The van der Waals surface area contributed by atoms with Gasteiger partial charge in [-0.3, -0.25) is 28.8 Å². The van der Waals surface area contributed by atoms with Gasteiger partial charge in [-0.15, -0.1) is 0 Å². The van der Waals surface area contributed by atoms with E-state index < -0.39 is 35.9 Å². The van der Waals surface area contributed by atoms with Crippen LogP contribution in [-0.4, -0.2) is 106 Å². The number of ether oxygens (including phenoxy) is 2. The second kappa shape index (κ2) is 19.6. The molecule has 326 valence electrons. The molecule has 14 nitrogen and oxygen atoms in total. The van der Waals surface area contributed by atoms with Gasteiger partial charge in [0.15, 0.2) is 0 Å². The number of aromatic nitrogens is 2. The molecule has 2 N–H and O–H groups in total. The summed E-state index contributed by atoms with van der Waals surface area (Å²) in [4.78, 5) is 93.0. The first-order chi connectivity index (χ1) is 30.0. The van der Waals surface area contributed by atoms with Crippen molar-refractivity contribution in [3.63, 3.8) is 0 Å². The summed E-state index contributed by atoms with van der Waals surface area (Å²) in [6.45, 7) is 5.33. The fourth-order valence-electron chi connectivity index (χ4n) is 9.13. The van der Waals surface area contributed by atoms with Gasteiger partial charge in [-0.2, -0.15) is 0 Å². The van der Waals surface area contributed by atoms with E-state index in [2.05, 4.69) is 15.3 Å². The van der Waals surface area contributed by atoms with Crippen LogP contribution in [0.3, 0.4) is 0 Å². The lowest BCUT2D eigenvalue weighted by Gasteiger charge is -2.32. The number of esters is 2. The molecule has 4 amide bonds. The standard InChI is InChI=1S/C48H56N6O8/c1-30(2)36(27-42(55)61-3)46(58)52-24-8-13-39(52)44-49-29-38(51-44)34-18-16-31(17-19-34)32-20-22-35(23-21-32)50-45(57)40-14-9-25-53(40)48(60)41-15-10-26-54(41)47(59)37(28-43(56)62-4)33-11-6-5-7-12-33/h5-7,11-12,16-23,29-30,36-37,39-41H,8-10,13-15,24-28H2,1-4H3,(H,49,51)(H,50,57)/t36-,37+,39-,40-,41-/m0/s1. The van der Waals surface area contributed by atoms with Crippen molar-refractivity contribution in [2.75, 3.05) is 39.2 Å². The predicted octanol–water partition coefficient (Wildman–Crippen LogP) is 6.51. The molecular weight excluding hydrogens is 789 g/mol. The number of methoxy groups -OCH3 is 2. The summed E-state index contributed by atoms with van der Waals surface area (Å²) in [6, 6.07) is 23.1. The predicted molar refractivity (Wildman–Crippen MR) is 232 cm³/mol. The summed E-state index contributed by atoms with van der Waals surface area (Å²) in [6.07, 6.45) is 5.67. The number of imidazole rings is 1. The summed E-state index contributed by atoms with van der Waals surface area (Å²) in [5.41, 5.74) is 5.00. The highest BCUT2D eigenvalue weighted by Crippen LogP contribution is 2.36. The Kier molecular flexibility index (Phi) is 13.8. The van der Waals surface area contributed by atoms with Gasteiger partial charge in [0.2, 0.25) is 23.6 Å². The Labute approximate surface area is 362 Å². The van der Waals surface area contributed by atoms with E-state index in [4.69, 9.17) is 9.47 Å². The lowest BCUT2D eigenvalue weighted by molar-refractivity contribution is -0.148. The molecule has 3 saturated heterocycles. The van der Waals surface area contributed by atoms with Crippen LogP contribution < -0.4 is 5.32 Å². The molecule has 62 heavy (non-hydrogen) atoms. The van der Waals surface area contributed by atoms with Crippen LogP contribution in [0.4, 0.5) is 5.69 Å². The van der Waals surface area contributed by atoms with Crippen molar-refractivity contribution in [1.29, 1.82) is 0 Å². The number of likely N-dealkylation sites (tertiary alicyclic amines) is 3. The van der Waals surface area contributed by atoms with Gasteiger partial charge in [0, 0.05) is 25.3 Å². The Hall–Kier alpha value is -6.31. The molecule has 3 aliphatic heterocycles. The molecular formula is C48H56N6O8. The van der Waals surface area contributed by atoms with Crippen molar-refractivity contribution in [2.24, 2.45) is 11.8 Å². The van der Waals surface area contributed by atoms with Gasteiger partial charge in [0.25, 0.3) is 0 Å². The molecule has 7 rings (SSSR count). The largest absolute Gasteiger partial charge is 0.469 e. The van der Waals surface area contributed by atoms with E-state index in [1.165, 1.54) is 14.2 Å². The fraction of sp³-hybridized carbons (Fsp3) is 0.438. The molecule has 3 aromatic carbocycles. The molecule has 4 heterocycles. The molecule has 14 heteroatoms. The summed E-state index contributed by atoms with van der Waals surface area (Å²) < 4.78 is 9.76. The Morgan fingerprint density at radius 1 is 0.694 bits per heavy atom. The minimum absolute atomic E-state index is 0.0137. The van der Waals surface area contributed by atoms with Crippen LogP contribution in [0, 0.1) is 11.8 Å². The van der Waals surface area contributed by atoms with E-state index >= 15 is 0 Å². The molecule has 4 aromatic rings. The number of hydrogen-bond acceptors (Lipinski definition) is 9. The van der Waals surface area contributed by atoms with Crippen LogP contribution in [0.15, 0.2) is 85.1 Å². The molecule has 0 spiro atoms. The second-order valence-corrected chi connectivity index (χ2v) is 16.8. The number of aromatic amines is 1. The first-order valence-corrected chi connectivity index (χ1v) is 21.6. The van der Waals surface area contributed by atoms with Crippen molar-refractivity contribution in [1.82, 2.24) is 24.7 Å². The second-order valence-electron chi connectivity index (χ2n) is 16.8. The van der Waals surface area contributed by atoms with E-state index in [0.29, 0.717) is 56.6 Å². The SMILES string of the molecule is COC(=O)C[C@H](C(=O)N1CCC[C@H]1c1ncc(-c2ccc(-c3ccc(NC(=O)[C@@H]4CCCN4C(=O)[C@@H]4CCCN4C(=O)[C@H](CC(=O)OC)c4ccccc4)cc3)cc2)[nH]1)C(C)C. The van der Waals surface area contributed by atoms with Crippen LogP contribution in [0.5, 0.6) is 0 Å². The van der Waals surface area contributed by atoms with E-state index in [9.17, 15) is 28.8 Å². The minimum atomic E-state index is -0.779. The molecule has 0 bridgehead atoms. The topological polar surface area (TPSA) is 171 Å². The molecule has 3 fully saturated rings. The van der Waals surface area contributed by atoms with Crippen LogP contribution in [0.1, 0.15) is 88.6 Å². The van der Waals surface area contributed by atoms with Crippen LogP contribution >= 0.6 is 0 Å². The van der Waals surface area contributed by atoms with Crippen molar-refractivity contribution in [3.05, 3.63) is 96.4 Å². The third-order valence-corrected chi connectivity index (χ3v) is 12.6. The maximum atomic E-state index is 14.1. The van der Waals surface area contributed by atoms with E-state index in [-0.39, 0.29) is 48.4 Å². The first-order valence-electron chi connectivity index (χ1n) is 21.6. The van der Waals surface area contributed by atoms with Crippen LogP contribution in [0.25, 0.3) is 22.4 Å². The Morgan fingerprint density at radius 2 is 1.27 bits per heavy atom. The van der Waals surface area contributed by atoms with Gasteiger partial charge < -0.3 is 34.5 Å². The smallest absolute Gasteiger partial charge is 0.306 e.